The number of unbranched alkanes of at least 4 members (excludes halogenated alkanes) is 2. The van der Waals surface area contributed by atoms with E-state index in [1.54, 1.807) is 11.1 Å². The van der Waals surface area contributed by atoms with Gasteiger partial charge in [0.05, 0.1) is 6.61 Å². The van der Waals surface area contributed by atoms with Crippen LogP contribution in [0.3, 0.4) is 0 Å². The molecule has 0 saturated heterocycles. The first-order chi connectivity index (χ1) is 6.35. The molecular weight excluding hydrogens is 160 g/mol. The summed E-state index contributed by atoms with van der Waals surface area (Å²) in [5, 5.41) is 9.10. The highest BCUT2D eigenvalue weighted by Gasteiger charge is 2.33. The summed E-state index contributed by atoms with van der Waals surface area (Å²) in [5.41, 5.74) is 3.16. The summed E-state index contributed by atoms with van der Waals surface area (Å²) in [6.45, 7) is 4.81. The van der Waals surface area contributed by atoms with E-state index >= 15 is 0 Å². The maximum absolute atomic E-state index is 9.10. The first-order valence-corrected chi connectivity index (χ1v) is 5.67. The second-order valence-electron chi connectivity index (χ2n) is 3.99. The first-order valence-electron chi connectivity index (χ1n) is 5.67. The van der Waals surface area contributed by atoms with Crippen molar-refractivity contribution < 1.29 is 5.11 Å². The van der Waals surface area contributed by atoms with Gasteiger partial charge in [-0.25, -0.2) is 0 Å². The summed E-state index contributed by atoms with van der Waals surface area (Å²) in [6.07, 6.45) is 7.59. The van der Waals surface area contributed by atoms with Crippen LogP contribution < -0.4 is 0 Å². The molecule has 0 spiro atoms. The molecule has 0 atom stereocenters. The lowest BCUT2D eigenvalue weighted by molar-refractivity contribution is 0.278. The zero-order chi connectivity index (χ0) is 9.68. The fourth-order valence-electron chi connectivity index (χ4n) is 2.00. The first kappa shape index (κ1) is 10.8. The zero-order valence-electron chi connectivity index (χ0n) is 8.97. The van der Waals surface area contributed by atoms with Crippen LogP contribution in [0.4, 0.5) is 0 Å². The van der Waals surface area contributed by atoms with Gasteiger partial charge in [-0.1, -0.05) is 37.8 Å². The summed E-state index contributed by atoms with van der Waals surface area (Å²) in [6, 6.07) is 0. The largest absolute Gasteiger partial charge is 0.395 e. The fourth-order valence-corrected chi connectivity index (χ4v) is 2.00. The molecule has 0 aromatic rings. The van der Waals surface area contributed by atoms with Crippen LogP contribution in [0.25, 0.3) is 0 Å². The minimum Gasteiger partial charge on any atom is -0.395 e. The van der Waals surface area contributed by atoms with Crippen molar-refractivity contribution in [2.45, 2.75) is 52.4 Å². The summed E-state index contributed by atoms with van der Waals surface area (Å²) in [7, 11) is 0. The van der Waals surface area contributed by atoms with E-state index in [-0.39, 0.29) is 0 Å². The Kier molecular flexibility index (Phi) is 4.51. The lowest BCUT2D eigenvalue weighted by Gasteiger charge is -1.94. The molecule has 0 saturated carbocycles. The van der Waals surface area contributed by atoms with Crippen LogP contribution in [0, 0.1) is 5.92 Å². The molecular formula is C12H22O. The summed E-state index contributed by atoms with van der Waals surface area (Å²) in [4.78, 5) is 0. The summed E-state index contributed by atoms with van der Waals surface area (Å²) < 4.78 is 0. The van der Waals surface area contributed by atoms with Crippen LogP contribution >= 0.6 is 0 Å². The van der Waals surface area contributed by atoms with Gasteiger partial charge in [0, 0.05) is 5.92 Å². The number of hydrogen-bond acceptors (Lipinski definition) is 1. The van der Waals surface area contributed by atoms with Crippen LogP contribution in [-0.4, -0.2) is 11.7 Å². The molecule has 0 radical (unpaired) electrons. The third-order valence-corrected chi connectivity index (χ3v) is 2.95. The molecule has 1 N–H and O–H groups in total. The van der Waals surface area contributed by atoms with Gasteiger partial charge in [-0.15, -0.1) is 0 Å². The van der Waals surface area contributed by atoms with E-state index in [9.17, 15) is 0 Å². The SMILES string of the molecule is CCCCC1=C(CCCC)C1CO. The van der Waals surface area contributed by atoms with Gasteiger partial charge in [-0.3, -0.25) is 0 Å². The second-order valence-corrected chi connectivity index (χ2v) is 3.99. The Morgan fingerprint density at radius 2 is 1.46 bits per heavy atom. The van der Waals surface area contributed by atoms with Crippen molar-refractivity contribution in [3.8, 4) is 0 Å². The Morgan fingerprint density at radius 3 is 1.77 bits per heavy atom. The van der Waals surface area contributed by atoms with Crippen molar-refractivity contribution in [2.75, 3.05) is 6.61 Å². The molecule has 0 bridgehead atoms. The van der Waals surface area contributed by atoms with E-state index in [0.717, 1.165) is 0 Å². The van der Waals surface area contributed by atoms with Crippen molar-refractivity contribution in [1.29, 1.82) is 0 Å². The average Bonchev–Trinajstić information content (AvgIpc) is 2.84. The number of hydrogen-bond donors (Lipinski definition) is 1. The quantitative estimate of drug-likeness (QED) is 0.599. The molecule has 0 amide bonds. The lowest BCUT2D eigenvalue weighted by Crippen LogP contribution is -1.91. The topological polar surface area (TPSA) is 20.2 Å². The average molecular weight is 182 g/mol. The normalized spacial score (nSPS) is 16.8. The highest BCUT2D eigenvalue weighted by Crippen LogP contribution is 2.45. The van der Waals surface area contributed by atoms with Gasteiger partial charge in [0.15, 0.2) is 0 Å². The predicted molar refractivity (Wildman–Crippen MR) is 56.7 cm³/mol. The Hall–Kier alpha value is -0.300. The predicted octanol–water partition coefficient (Wildman–Crippen LogP) is 3.29. The van der Waals surface area contributed by atoms with Crippen molar-refractivity contribution >= 4 is 0 Å². The molecule has 1 aliphatic rings. The molecule has 1 rings (SSSR count). The standard InChI is InChI=1S/C12H22O/c1-3-5-7-10-11(8-6-4-2)12(10)9-13/h12-13H,3-9H2,1-2H3. The van der Waals surface area contributed by atoms with Gasteiger partial charge in [-0.2, -0.15) is 0 Å². The molecule has 1 heteroatoms. The maximum atomic E-state index is 9.10. The van der Waals surface area contributed by atoms with Gasteiger partial charge in [0.2, 0.25) is 0 Å². The van der Waals surface area contributed by atoms with Gasteiger partial charge < -0.3 is 5.11 Å². The zero-order valence-corrected chi connectivity index (χ0v) is 8.97. The van der Waals surface area contributed by atoms with E-state index in [0.29, 0.717) is 12.5 Å². The minimum atomic E-state index is 0.359. The smallest absolute Gasteiger partial charge is 0.0534 e. The Balaban J connectivity index is 2.27. The van der Waals surface area contributed by atoms with Crippen LogP contribution in [-0.2, 0) is 0 Å². The molecule has 76 valence electrons. The van der Waals surface area contributed by atoms with E-state index in [4.69, 9.17) is 5.11 Å². The molecule has 0 unspecified atom stereocenters. The summed E-state index contributed by atoms with van der Waals surface area (Å²) in [5.74, 6) is 0.498. The van der Waals surface area contributed by atoms with Gasteiger partial charge in [-0.05, 0) is 25.7 Å². The molecule has 0 aromatic carbocycles. The molecule has 0 fully saturated rings. The lowest BCUT2D eigenvalue weighted by atomic mass is 10.1. The van der Waals surface area contributed by atoms with Crippen molar-refractivity contribution in [3.05, 3.63) is 11.1 Å². The van der Waals surface area contributed by atoms with Crippen molar-refractivity contribution in [2.24, 2.45) is 5.92 Å². The van der Waals surface area contributed by atoms with Crippen molar-refractivity contribution in [1.82, 2.24) is 0 Å². The van der Waals surface area contributed by atoms with Crippen LogP contribution in [0.5, 0.6) is 0 Å². The molecule has 0 heterocycles. The number of rotatable bonds is 7. The van der Waals surface area contributed by atoms with E-state index < -0.39 is 0 Å². The second kappa shape index (κ2) is 5.43. The maximum Gasteiger partial charge on any atom is 0.0534 e. The van der Waals surface area contributed by atoms with Crippen molar-refractivity contribution in [3.63, 3.8) is 0 Å². The number of aliphatic hydroxyl groups excluding tert-OH is 1. The van der Waals surface area contributed by atoms with E-state index in [1.165, 1.54) is 38.5 Å². The Labute approximate surface area is 81.9 Å². The van der Waals surface area contributed by atoms with E-state index in [2.05, 4.69) is 13.8 Å². The number of aliphatic hydroxyl groups is 1. The van der Waals surface area contributed by atoms with Gasteiger partial charge in [0.1, 0.15) is 0 Å². The van der Waals surface area contributed by atoms with Crippen LogP contribution in [0.1, 0.15) is 52.4 Å². The molecule has 0 aliphatic heterocycles. The molecule has 1 aliphatic carbocycles. The highest BCUT2D eigenvalue weighted by molar-refractivity contribution is 5.41. The van der Waals surface area contributed by atoms with Gasteiger partial charge >= 0.3 is 0 Å². The Morgan fingerprint density at radius 1 is 1.00 bits per heavy atom. The van der Waals surface area contributed by atoms with E-state index in [1.807, 2.05) is 0 Å². The Bertz CT molecular complexity index is 164. The highest BCUT2D eigenvalue weighted by atomic mass is 16.3. The van der Waals surface area contributed by atoms with Crippen LogP contribution in [0.15, 0.2) is 11.1 Å². The monoisotopic (exact) mass is 182 g/mol. The molecule has 13 heavy (non-hydrogen) atoms. The third kappa shape index (κ3) is 2.84. The summed E-state index contributed by atoms with van der Waals surface area (Å²) >= 11 is 0. The minimum absolute atomic E-state index is 0.359. The molecule has 0 aromatic heterocycles. The third-order valence-electron chi connectivity index (χ3n) is 2.95. The van der Waals surface area contributed by atoms with Gasteiger partial charge in [0.25, 0.3) is 0 Å². The fraction of sp³-hybridized carbons (Fsp3) is 0.833. The van der Waals surface area contributed by atoms with Crippen LogP contribution in [0.2, 0.25) is 0 Å². The molecule has 1 nitrogen and oxygen atoms in total.